The highest BCUT2D eigenvalue weighted by Crippen LogP contribution is 2.19. The summed E-state index contributed by atoms with van der Waals surface area (Å²) < 4.78 is 5.02. The Balaban J connectivity index is 2.10. The van der Waals surface area contributed by atoms with E-state index in [9.17, 15) is 0 Å². The average molecular weight is 209 g/mol. The van der Waals surface area contributed by atoms with Gasteiger partial charge in [0.1, 0.15) is 0 Å². The Bertz CT molecular complexity index is 382. The van der Waals surface area contributed by atoms with Crippen molar-refractivity contribution < 1.29 is 4.52 Å². The third-order valence-electron chi connectivity index (χ3n) is 1.73. The fraction of sp³-hybridized carbons (Fsp3) is 0.333. The molecule has 0 radical (unpaired) electrons. The molecular formula is C9H11N3OS. The summed E-state index contributed by atoms with van der Waals surface area (Å²) >= 11 is 1.62. The van der Waals surface area contributed by atoms with E-state index in [0.29, 0.717) is 11.8 Å². The van der Waals surface area contributed by atoms with Crippen LogP contribution in [0.15, 0.2) is 21.3 Å². The molecule has 2 aromatic heterocycles. The second-order valence-corrected chi connectivity index (χ2v) is 3.64. The molecule has 0 aliphatic rings. The first-order valence-corrected chi connectivity index (χ1v) is 5.44. The van der Waals surface area contributed by atoms with Crippen molar-refractivity contribution >= 4 is 17.4 Å². The molecule has 0 unspecified atom stereocenters. The van der Waals surface area contributed by atoms with Crippen LogP contribution in [0.5, 0.6) is 0 Å². The second kappa shape index (κ2) is 4.23. The molecule has 0 aliphatic carbocycles. The molecule has 0 saturated heterocycles. The fourth-order valence-corrected chi connectivity index (χ4v) is 1.67. The van der Waals surface area contributed by atoms with Crippen molar-refractivity contribution in [3.63, 3.8) is 0 Å². The first kappa shape index (κ1) is 9.21. The van der Waals surface area contributed by atoms with E-state index in [4.69, 9.17) is 4.52 Å². The standard InChI is InChI=1S/C9H11N3OS/c1-2-4-10-9-11-8(12-13-9)7-3-5-14-6-7/h3,5-6H,2,4H2,1H3,(H,10,11,12). The third-order valence-corrected chi connectivity index (χ3v) is 2.41. The minimum absolute atomic E-state index is 0.494. The number of thiophene rings is 1. The summed E-state index contributed by atoms with van der Waals surface area (Å²) in [6, 6.07) is 2.46. The zero-order valence-electron chi connectivity index (χ0n) is 7.86. The molecule has 0 spiro atoms. The molecule has 14 heavy (non-hydrogen) atoms. The van der Waals surface area contributed by atoms with Gasteiger partial charge < -0.3 is 9.84 Å². The molecule has 0 fully saturated rings. The maximum Gasteiger partial charge on any atom is 0.321 e. The Kier molecular flexibility index (Phi) is 2.78. The van der Waals surface area contributed by atoms with Crippen molar-refractivity contribution in [1.82, 2.24) is 10.1 Å². The Hall–Kier alpha value is -1.36. The van der Waals surface area contributed by atoms with Gasteiger partial charge in [-0.3, -0.25) is 0 Å². The lowest BCUT2D eigenvalue weighted by molar-refractivity contribution is 0.432. The van der Waals surface area contributed by atoms with Gasteiger partial charge in [0.15, 0.2) is 0 Å². The fourth-order valence-electron chi connectivity index (χ4n) is 1.04. The van der Waals surface area contributed by atoms with Crippen LogP contribution in [0.25, 0.3) is 11.4 Å². The van der Waals surface area contributed by atoms with E-state index in [1.165, 1.54) is 0 Å². The van der Waals surface area contributed by atoms with E-state index < -0.39 is 0 Å². The number of hydrogen-bond donors (Lipinski definition) is 1. The van der Waals surface area contributed by atoms with E-state index in [0.717, 1.165) is 18.5 Å². The first-order valence-electron chi connectivity index (χ1n) is 4.50. The summed E-state index contributed by atoms with van der Waals surface area (Å²) in [6.07, 6.45) is 1.04. The Morgan fingerprint density at radius 1 is 1.57 bits per heavy atom. The molecular weight excluding hydrogens is 198 g/mol. The molecule has 0 aromatic carbocycles. The largest absolute Gasteiger partial charge is 0.338 e. The number of nitrogens with one attached hydrogen (secondary N) is 1. The van der Waals surface area contributed by atoms with Gasteiger partial charge in [0.25, 0.3) is 0 Å². The molecule has 0 amide bonds. The van der Waals surface area contributed by atoms with Crippen LogP contribution in [0.4, 0.5) is 6.01 Å². The van der Waals surface area contributed by atoms with E-state index in [-0.39, 0.29) is 0 Å². The average Bonchev–Trinajstić information content (AvgIpc) is 2.85. The molecule has 2 rings (SSSR count). The Morgan fingerprint density at radius 3 is 3.21 bits per heavy atom. The van der Waals surface area contributed by atoms with Crippen LogP contribution in [0.2, 0.25) is 0 Å². The lowest BCUT2D eigenvalue weighted by atomic mass is 10.3. The van der Waals surface area contributed by atoms with Gasteiger partial charge in [-0.05, 0) is 17.9 Å². The smallest absolute Gasteiger partial charge is 0.321 e. The van der Waals surface area contributed by atoms with Crippen molar-refractivity contribution in [3.8, 4) is 11.4 Å². The van der Waals surface area contributed by atoms with Gasteiger partial charge in [-0.1, -0.05) is 12.1 Å². The molecule has 74 valence electrons. The predicted molar refractivity (Wildman–Crippen MR) is 56.4 cm³/mol. The van der Waals surface area contributed by atoms with Gasteiger partial charge in [-0.15, -0.1) is 0 Å². The summed E-state index contributed by atoms with van der Waals surface area (Å²) in [4.78, 5) is 4.21. The molecule has 0 saturated carbocycles. The van der Waals surface area contributed by atoms with E-state index in [2.05, 4.69) is 22.4 Å². The summed E-state index contributed by atoms with van der Waals surface area (Å²) in [7, 11) is 0. The SMILES string of the molecule is CCCNc1nc(-c2ccsc2)no1. The summed E-state index contributed by atoms with van der Waals surface area (Å²) in [5, 5.41) is 10.9. The number of hydrogen-bond acceptors (Lipinski definition) is 5. The van der Waals surface area contributed by atoms with E-state index >= 15 is 0 Å². The van der Waals surface area contributed by atoms with Crippen molar-refractivity contribution in [1.29, 1.82) is 0 Å². The molecule has 0 bridgehead atoms. The Morgan fingerprint density at radius 2 is 2.50 bits per heavy atom. The monoisotopic (exact) mass is 209 g/mol. The van der Waals surface area contributed by atoms with Crippen LogP contribution in [0, 0.1) is 0 Å². The van der Waals surface area contributed by atoms with Crippen molar-refractivity contribution in [3.05, 3.63) is 16.8 Å². The molecule has 0 atom stereocenters. The third kappa shape index (κ3) is 1.93. The van der Waals surface area contributed by atoms with Crippen LogP contribution in [-0.2, 0) is 0 Å². The Labute approximate surface area is 86.0 Å². The lowest BCUT2D eigenvalue weighted by Gasteiger charge is -1.93. The van der Waals surface area contributed by atoms with Crippen molar-refractivity contribution in [2.24, 2.45) is 0 Å². The minimum atomic E-state index is 0.494. The molecule has 0 aliphatic heterocycles. The zero-order chi connectivity index (χ0) is 9.80. The molecule has 1 N–H and O–H groups in total. The van der Waals surface area contributed by atoms with Gasteiger partial charge >= 0.3 is 6.01 Å². The van der Waals surface area contributed by atoms with Crippen LogP contribution >= 0.6 is 11.3 Å². The quantitative estimate of drug-likeness (QED) is 0.841. The van der Waals surface area contributed by atoms with Crippen LogP contribution in [-0.4, -0.2) is 16.7 Å². The number of rotatable bonds is 4. The van der Waals surface area contributed by atoms with E-state index in [1.54, 1.807) is 11.3 Å². The van der Waals surface area contributed by atoms with Gasteiger partial charge in [0.05, 0.1) is 0 Å². The maximum atomic E-state index is 5.02. The highest BCUT2D eigenvalue weighted by molar-refractivity contribution is 7.08. The number of nitrogens with zero attached hydrogens (tertiary/aromatic N) is 2. The molecule has 2 aromatic rings. The van der Waals surface area contributed by atoms with Gasteiger partial charge in [0.2, 0.25) is 5.82 Å². The number of anilines is 1. The van der Waals surface area contributed by atoms with Crippen molar-refractivity contribution in [2.75, 3.05) is 11.9 Å². The molecule has 2 heterocycles. The minimum Gasteiger partial charge on any atom is -0.338 e. The van der Waals surface area contributed by atoms with Crippen LogP contribution in [0.1, 0.15) is 13.3 Å². The van der Waals surface area contributed by atoms with Crippen molar-refractivity contribution in [2.45, 2.75) is 13.3 Å². The second-order valence-electron chi connectivity index (χ2n) is 2.86. The normalized spacial score (nSPS) is 10.4. The summed E-state index contributed by atoms with van der Waals surface area (Å²) in [5.41, 5.74) is 1.00. The van der Waals surface area contributed by atoms with Gasteiger partial charge in [0, 0.05) is 17.5 Å². The summed E-state index contributed by atoms with van der Waals surface area (Å²) in [5.74, 6) is 0.643. The molecule has 5 heteroatoms. The summed E-state index contributed by atoms with van der Waals surface area (Å²) in [6.45, 7) is 2.94. The first-order chi connectivity index (χ1) is 6.90. The van der Waals surface area contributed by atoms with Gasteiger partial charge in [-0.2, -0.15) is 16.3 Å². The highest BCUT2D eigenvalue weighted by Gasteiger charge is 2.07. The maximum absolute atomic E-state index is 5.02. The van der Waals surface area contributed by atoms with Crippen LogP contribution in [0.3, 0.4) is 0 Å². The molecule has 4 nitrogen and oxygen atoms in total. The lowest BCUT2D eigenvalue weighted by Crippen LogP contribution is -1.99. The zero-order valence-corrected chi connectivity index (χ0v) is 8.67. The predicted octanol–water partition coefficient (Wildman–Crippen LogP) is 2.62. The number of aromatic nitrogens is 2. The van der Waals surface area contributed by atoms with E-state index in [1.807, 2.05) is 16.8 Å². The van der Waals surface area contributed by atoms with Gasteiger partial charge in [-0.25, -0.2) is 0 Å². The highest BCUT2D eigenvalue weighted by atomic mass is 32.1. The van der Waals surface area contributed by atoms with Crippen LogP contribution < -0.4 is 5.32 Å². The topological polar surface area (TPSA) is 51.0 Å².